The molecule has 1 atom stereocenters. The first-order chi connectivity index (χ1) is 10.2. The molecular weight excluding hydrogens is 262 g/mol. The maximum atomic E-state index is 12.4. The molecule has 1 heterocycles. The summed E-state index contributed by atoms with van der Waals surface area (Å²) in [5.74, 6) is 0.715. The van der Waals surface area contributed by atoms with E-state index in [4.69, 9.17) is 5.73 Å². The molecular formula is C17H17N3O. The van der Waals surface area contributed by atoms with E-state index in [9.17, 15) is 4.79 Å². The van der Waals surface area contributed by atoms with Crippen LogP contribution in [0.4, 0.5) is 0 Å². The lowest BCUT2D eigenvalue weighted by atomic mass is 10.0. The van der Waals surface area contributed by atoms with Crippen LogP contribution in [0, 0.1) is 0 Å². The smallest absolute Gasteiger partial charge is 0.161 e. The number of aryl methyl sites for hydroxylation is 1. The van der Waals surface area contributed by atoms with E-state index >= 15 is 0 Å². The topological polar surface area (TPSA) is 60.9 Å². The molecule has 0 unspecified atom stereocenters. The van der Waals surface area contributed by atoms with Crippen LogP contribution in [0.3, 0.4) is 0 Å². The number of benzene rings is 2. The summed E-state index contributed by atoms with van der Waals surface area (Å²) in [6.07, 6.45) is 0.237. The summed E-state index contributed by atoms with van der Waals surface area (Å²) in [5, 5.41) is 0. The first-order valence-corrected chi connectivity index (χ1v) is 6.90. The quantitative estimate of drug-likeness (QED) is 0.797. The lowest BCUT2D eigenvalue weighted by molar-refractivity contribution is -0.119. The Morgan fingerprint density at radius 2 is 1.81 bits per heavy atom. The van der Waals surface area contributed by atoms with Crippen LogP contribution in [-0.2, 0) is 18.3 Å². The monoisotopic (exact) mass is 279 g/mol. The van der Waals surface area contributed by atoms with Crippen molar-refractivity contribution in [3.8, 4) is 0 Å². The average Bonchev–Trinajstić information content (AvgIpc) is 2.84. The molecule has 0 aliphatic heterocycles. The number of hydrogen-bond donors (Lipinski definition) is 1. The zero-order chi connectivity index (χ0) is 14.8. The fraction of sp³-hybridized carbons (Fsp3) is 0.176. The summed E-state index contributed by atoms with van der Waals surface area (Å²) < 4.78 is 1.95. The van der Waals surface area contributed by atoms with Crippen molar-refractivity contribution >= 4 is 16.8 Å². The third kappa shape index (κ3) is 2.58. The van der Waals surface area contributed by atoms with E-state index in [0.29, 0.717) is 0 Å². The van der Waals surface area contributed by atoms with Crippen LogP contribution in [-0.4, -0.2) is 15.3 Å². The van der Waals surface area contributed by atoms with E-state index in [0.717, 1.165) is 22.4 Å². The molecule has 2 aromatic carbocycles. The molecule has 0 aliphatic rings. The molecule has 0 fully saturated rings. The van der Waals surface area contributed by atoms with Crippen LogP contribution in [0.1, 0.15) is 17.4 Å². The number of fused-ring (bicyclic) bond motifs is 1. The van der Waals surface area contributed by atoms with Crippen molar-refractivity contribution in [3.05, 3.63) is 66.0 Å². The SMILES string of the molecule is Cn1c(CC(=O)[C@H](N)c2ccccc2)nc2ccccc21. The molecule has 3 aromatic rings. The van der Waals surface area contributed by atoms with Gasteiger partial charge in [0.15, 0.2) is 5.78 Å². The second kappa shape index (κ2) is 5.50. The van der Waals surface area contributed by atoms with Crippen molar-refractivity contribution in [2.45, 2.75) is 12.5 Å². The minimum atomic E-state index is -0.606. The van der Waals surface area contributed by atoms with E-state index in [1.807, 2.05) is 66.2 Å². The van der Waals surface area contributed by atoms with Crippen molar-refractivity contribution in [1.29, 1.82) is 0 Å². The Balaban J connectivity index is 1.85. The number of carbonyl (C=O) groups is 1. The number of ketones is 1. The molecule has 1 aromatic heterocycles. The third-order valence-electron chi connectivity index (χ3n) is 3.72. The zero-order valence-electron chi connectivity index (χ0n) is 11.9. The van der Waals surface area contributed by atoms with E-state index in [1.54, 1.807) is 0 Å². The standard InChI is InChI=1S/C17H17N3O/c1-20-14-10-6-5-9-13(14)19-16(20)11-15(21)17(18)12-7-3-2-4-8-12/h2-10,17H,11,18H2,1H3/t17-/m1/s1. The predicted octanol–water partition coefficient (Wildman–Crippen LogP) is 2.38. The maximum absolute atomic E-state index is 12.4. The number of carbonyl (C=O) groups excluding carboxylic acids is 1. The molecule has 0 saturated heterocycles. The van der Waals surface area contributed by atoms with E-state index in [-0.39, 0.29) is 12.2 Å². The van der Waals surface area contributed by atoms with Crippen LogP contribution in [0.2, 0.25) is 0 Å². The summed E-state index contributed by atoms with van der Waals surface area (Å²) >= 11 is 0. The van der Waals surface area contributed by atoms with Gasteiger partial charge >= 0.3 is 0 Å². The van der Waals surface area contributed by atoms with Crippen molar-refractivity contribution in [2.24, 2.45) is 12.8 Å². The average molecular weight is 279 g/mol. The predicted molar refractivity (Wildman–Crippen MR) is 82.8 cm³/mol. The largest absolute Gasteiger partial charge is 0.331 e. The van der Waals surface area contributed by atoms with Crippen LogP contribution in [0.5, 0.6) is 0 Å². The third-order valence-corrected chi connectivity index (χ3v) is 3.72. The van der Waals surface area contributed by atoms with Gasteiger partial charge in [-0.15, -0.1) is 0 Å². The fourth-order valence-corrected chi connectivity index (χ4v) is 2.47. The summed E-state index contributed by atoms with van der Waals surface area (Å²) in [7, 11) is 1.92. The van der Waals surface area contributed by atoms with Crippen molar-refractivity contribution in [2.75, 3.05) is 0 Å². The molecule has 3 rings (SSSR count). The fourth-order valence-electron chi connectivity index (χ4n) is 2.47. The normalized spacial score (nSPS) is 12.5. The van der Waals surface area contributed by atoms with Gasteiger partial charge in [0, 0.05) is 7.05 Å². The van der Waals surface area contributed by atoms with Gasteiger partial charge in [-0.25, -0.2) is 4.98 Å². The molecule has 106 valence electrons. The molecule has 0 saturated carbocycles. The Labute approximate surface area is 123 Å². The minimum Gasteiger partial charge on any atom is -0.331 e. The molecule has 0 radical (unpaired) electrons. The lowest BCUT2D eigenvalue weighted by Gasteiger charge is -2.10. The van der Waals surface area contributed by atoms with Gasteiger partial charge in [-0.05, 0) is 17.7 Å². The van der Waals surface area contributed by atoms with Gasteiger partial charge in [-0.3, -0.25) is 4.79 Å². The van der Waals surface area contributed by atoms with Gasteiger partial charge in [0.1, 0.15) is 5.82 Å². The van der Waals surface area contributed by atoms with Crippen LogP contribution in [0.25, 0.3) is 11.0 Å². The molecule has 4 nitrogen and oxygen atoms in total. The van der Waals surface area contributed by atoms with Gasteiger partial charge in [-0.1, -0.05) is 42.5 Å². The highest BCUT2D eigenvalue weighted by Crippen LogP contribution is 2.17. The van der Waals surface area contributed by atoms with Crippen molar-refractivity contribution < 1.29 is 4.79 Å². The number of hydrogen-bond acceptors (Lipinski definition) is 3. The number of nitrogens with zero attached hydrogens (tertiary/aromatic N) is 2. The highest BCUT2D eigenvalue weighted by Gasteiger charge is 2.18. The van der Waals surface area contributed by atoms with Gasteiger partial charge in [0.05, 0.1) is 23.5 Å². The second-order valence-electron chi connectivity index (χ2n) is 5.11. The van der Waals surface area contributed by atoms with E-state index < -0.39 is 6.04 Å². The van der Waals surface area contributed by atoms with Crippen LogP contribution in [0.15, 0.2) is 54.6 Å². The highest BCUT2D eigenvalue weighted by atomic mass is 16.1. The highest BCUT2D eigenvalue weighted by molar-refractivity contribution is 5.87. The number of aromatic nitrogens is 2. The molecule has 4 heteroatoms. The van der Waals surface area contributed by atoms with Gasteiger partial charge in [0.25, 0.3) is 0 Å². The first kappa shape index (κ1) is 13.5. The molecule has 2 N–H and O–H groups in total. The molecule has 21 heavy (non-hydrogen) atoms. The molecule has 0 spiro atoms. The van der Waals surface area contributed by atoms with Crippen molar-refractivity contribution in [3.63, 3.8) is 0 Å². The van der Waals surface area contributed by atoms with Crippen LogP contribution < -0.4 is 5.73 Å². The Kier molecular flexibility index (Phi) is 3.54. The van der Waals surface area contributed by atoms with E-state index in [2.05, 4.69) is 4.98 Å². The first-order valence-electron chi connectivity index (χ1n) is 6.90. The molecule has 0 aliphatic carbocycles. The molecule has 0 amide bonds. The molecule has 0 bridgehead atoms. The van der Waals surface area contributed by atoms with E-state index in [1.165, 1.54) is 0 Å². The minimum absolute atomic E-state index is 0.0281. The Morgan fingerprint density at radius 3 is 2.52 bits per heavy atom. The van der Waals surface area contributed by atoms with Gasteiger partial charge in [-0.2, -0.15) is 0 Å². The Bertz CT molecular complexity index is 777. The summed E-state index contributed by atoms with van der Waals surface area (Å²) in [6.45, 7) is 0. The van der Waals surface area contributed by atoms with Gasteiger partial charge < -0.3 is 10.3 Å². The Hall–Kier alpha value is -2.46. The summed E-state index contributed by atoms with van der Waals surface area (Å²) in [4.78, 5) is 16.9. The number of rotatable bonds is 4. The lowest BCUT2D eigenvalue weighted by Crippen LogP contribution is -2.24. The van der Waals surface area contributed by atoms with Gasteiger partial charge in [0.2, 0.25) is 0 Å². The zero-order valence-corrected chi connectivity index (χ0v) is 11.9. The number of nitrogens with two attached hydrogens (primary N) is 1. The number of imidazole rings is 1. The van der Waals surface area contributed by atoms with Crippen LogP contribution >= 0.6 is 0 Å². The summed E-state index contributed by atoms with van der Waals surface area (Å²) in [5.41, 5.74) is 8.80. The number of Topliss-reactive ketones (excluding diaryl/α,β-unsaturated/α-hetero) is 1. The summed E-state index contributed by atoms with van der Waals surface area (Å²) in [6, 6.07) is 16.7. The maximum Gasteiger partial charge on any atom is 0.161 e. The Morgan fingerprint density at radius 1 is 1.14 bits per heavy atom. The van der Waals surface area contributed by atoms with Crippen molar-refractivity contribution in [1.82, 2.24) is 9.55 Å². The number of para-hydroxylation sites is 2. The second-order valence-corrected chi connectivity index (χ2v) is 5.11.